The van der Waals surface area contributed by atoms with Crippen molar-refractivity contribution in [2.75, 3.05) is 13.1 Å². The van der Waals surface area contributed by atoms with Gasteiger partial charge in [0, 0.05) is 0 Å². The van der Waals surface area contributed by atoms with Gasteiger partial charge in [0.25, 0.3) is 0 Å². The summed E-state index contributed by atoms with van der Waals surface area (Å²) in [6, 6.07) is 2.29. The second-order valence-electron chi connectivity index (χ2n) is 5.94. The fraction of sp³-hybridized carbons (Fsp3) is 0.857. The van der Waals surface area contributed by atoms with Crippen LogP contribution in [0, 0.1) is 28.6 Å². The van der Waals surface area contributed by atoms with E-state index >= 15 is 0 Å². The van der Waals surface area contributed by atoms with Gasteiger partial charge in [0.1, 0.15) is 0 Å². The van der Waals surface area contributed by atoms with E-state index in [0.717, 1.165) is 45.2 Å². The van der Waals surface area contributed by atoms with Crippen LogP contribution in [0.3, 0.4) is 0 Å². The minimum absolute atomic E-state index is 0.159. The third-order valence-corrected chi connectivity index (χ3v) is 3.84. The normalized spacial score (nSPS) is 23.8. The van der Waals surface area contributed by atoms with Crippen LogP contribution in [0.15, 0.2) is 0 Å². The van der Waals surface area contributed by atoms with E-state index in [2.05, 4.69) is 11.4 Å². The second kappa shape index (κ2) is 6.75. The number of nitriles is 1. The van der Waals surface area contributed by atoms with Crippen molar-refractivity contribution in [2.45, 2.75) is 46.0 Å². The summed E-state index contributed by atoms with van der Waals surface area (Å²) in [6.07, 6.45) is 4.72. The first-order valence-electron chi connectivity index (χ1n) is 6.81. The number of hydrogen-bond acceptors (Lipinski definition) is 3. The van der Waals surface area contributed by atoms with Crippen molar-refractivity contribution in [2.24, 2.45) is 17.3 Å². The number of hydrogen-bond donors (Lipinski definition) is 2. The fourth-order valence-electron chi connectivity index (χ4n) is 2.60. The van der Waals surface area contributed by atoms with Crippen LogP contribution >= 0.6 is 0 Å². The number of carbonyl (C=O) groups is 1. The number of carboxylic acid groups (broad SMARTS) is 1. The van der Waals surface area contributed by atoms with Crippen LogP contribution in [0.5, 0.6) is 0 Å². The monoisotopic (exact) mass is 252 g/mol. The first kappa shape index (κ1) is 15.0. The Hall–Kier alpha value is -1.08. The average molecular weight is 252 g/mol. The molecule has 1 rings (SSSR count). The lowest BCUT2D eigenvalue weighted by atomic mass is 9.90. The number of nitrogens with zero attached hydrogens (tertiary/aromatic N) is 1. The molecule has 2 N–H and O–H groups in total. The summed E-state index contributed by atoms with van der Waals surface area (Å²) in [4.78, 5) is 11.0. The highest BCUT2D eigenvalue weighted by Crippen LogP contribution is 2.31. The maximum absolute atomic E-state index is 11.0. The topological polar surface area (TPSA) is 73.1 Å². The van der Waals surface area contributed by atoms with E-state index in [1.165, 1.54) is 0 Å². The maximum atomic E-state index is 11.0. The molecule has 2 atom stereocenters. The van der Waals surface area contributed by atoms with Gasteiger partial charge >= 0.3 is 5.97 Å². The van der Waals surface area contributed by atoms with Gasteiger partial charge in [0.05, 0.1) is 17.4 Å². The molecule has 0 spiro atoms. The highest BCUT2D eigenvalue weighted by atomic mass is 16.4. The Kier molecular flexibility index (Phi) is 5.61. The summed E-state index contributed by atoms with van der Waals surface area (Å²) in [5.41, 5.74) is -0.251. The Bertz CT molecular complexity index is 320. The van der Waals surface area contributed by atoms with Crippen LogP contribution in [-0.2, 0) is 4.79 Å². The van der Waals surface area contributed by atoms with Gasteiger partial charge in [0.15, 0.2) is 0 Å². The van der Waals surface area contributed by atoms with Crippen molar-refractivity contribution in [3.05, 3.63) is 0 Å². The molecule has 1 aliphatic carbocycles. The van der Waals surface area contributed by atoms with Crippen LogP contribution in [0.1, 0.15) is 46.0 Å². The Morgan fingerprint density at radius 1 is 1.50 bits per heavy atom. The molecular formula is C14H24N2O2. The molecule has 2 unspecified atom stereocenters. The van der Waals surface area contributed by atoms with Crippen molar-refractivity contribution in [1.29, 1.82) is 5.26 Å². The molecule has 0 aromatic carbocycles. The Labute approximate surface area is 109 Å². The predicted octanol–water partition coefficient (Wildman–Crippen LogP) is 2.41. The van der Waals surface area contributed by atoms with Crippen molar-refractivity contribution < 1.29 is 9.90 Å². The third kappa shape index (κ3) is 4.66. The van der Waals surface area contributed by atoms with E-state index in [1.807, 2.05) is 13.8 Å². The zero-order chi connectivity index (χ0) is 13.6. The molecule has 0 radical (unpaired) electrons. The number of nitrogens with one attached hydrogen (secondary N) is 1. The Morgan fingerprint density at radius 2 is 2.22 bits per heavy atom. The lowest BCUT2D eigenvalue weighted by Gasteiger charge is -2.18. The maximum Gasteiger partial charge on any atom is 0.306 e. The van der Waals surface area contributed by atoms with Crippen LogP contribution in [0.25, 0.3) is 0 Å². The largest absolute Gasteiger partial charge is 0.481 e. The van der Waals surface area contributed by atoms with Crippen molar-refractivity contribution >= 4 is 5.97 Å². The van der Waals surface area contributed by atoms with Crippen molar-refractivity contribution in [3.8, 4) is 6.07 Å². The number of carboxylic acids is 1. The molecule has 4 heteroatoms. The Balaban J connectivity index is 2.15. The summed E-state index contributed by atoms with van der Waals surface area (Å²) < 4.78 is 0. The van der Waals surface area contributed by atoms with Gasteiger partial charge < -0.3 is 10.4 Å². The Morgan fingerprint density at radius 3 is 2.83 bits per heavy atom. The van der Waals surface area contributed by atoms with E-state index in [-0.39, 0.29) is 17.3 Å². The summed E-state index contributed by atoms with van der Waals surface area (Å²) in [6.45, 7) is 5.56. The first-order valence-corrected chi connectivity index (χ1v) is 6.81. The molecule has 0 bridgehead atoms. The van der Waals surface area contributed by atoms with E-state index < -0.39 is 5.97 Å². The minimum Gasteiger partial charge on any atom is -0.481 e. The molecule has 0 amide bonds. The van der Waals surface area contributed by atoms with Gasteiger partial charge in [-0.25, -0.2) is 0 Å². The summed E-state index contributed by atoms with van der Waals surface area (Å²) in [7, 11) is 0. The summed E-state index contributed by atoms with van der Waals surface area (Å²) >= 11 is 0. The standard InChI is InChI=1S/C14H24N2O2/c1-14(2,10-15)7-4-8-16-9-11-5-3-6-12(11)13(17)18/h11-12,16H,3-9H2,1-2H3,(H,17,18). The quantitative estimate of drug-likeness (QED) is 0.682. The van der Waals surface area contributed by atoms with E-state index in [4.69, 9.17) is 10.4 Å². The molecule has 1 fully saturated rings. The van der Waals surface area contributed by atoms with Crippen LogP contribution in [0.4, 0.5) is 0 Å². The van der Waals surface area contributed by atoms with Gasteiger partial charge in [-0.3, -0.25) is 4.79 Å². The molecule has 0 aliphatic heterocycles. The zero-order valence-corrected chi connectivity index (χ0v) is 11.4. The van der Waals surface area contributed by atoms with Gasteiger partial charge in [-0.05, 0) is 58.5 Å². The molecule has 0 heterocycles. The molecule has 0 aromatic heterocycles. The lowest BCUT2D eigenvalue weighted by molar-refractivity contribution is -0.142. The summed E-state index contributed by atoms with van der Waals surface area (Å²) in [5, 5.41) is 21.3. The minimum atomic E-state index is -0.648. The third-order valence-electron chi connectivity index (χ3n) is 3.84. The highest BCUT2D eigenvalue weighted by molar-refractivity contribution is 5.70. The number of aliphatic carboxylic acids is 1. The zero-order valence-electron chi connectivity index (χ0n) is 11.4. The van der Waals surface area contributed by atoms with Crippen LogP contribution in [-0.4, -0.2) is 24.2 Å². The van der Waals surface area contributed by atoms with Crippen LogP contribution in [0.2, 0.25) is 0 Å². The van der Waals surface area contributed by atoms with Gasteiger partial charge in [-0.1, -0.05) is 6.42 Å². The summed E-state index contributed by atoms with van der Waals surface area (Å²) in [5.74, 6) is -0.524. The molecule has 4 nitrogen and oxygen atoms in total. The molecular weight excluding hydrogens is 228 g/mol. The van der Waals surface area contributed by atoms with Crippen molar-refractivity contribution in [1.82, 2.24) is 5.32 Å². The molecule has 1 aliphatic rings. The number of rotatable bonds is 7. The highest BCUT2D eigenvalue weighted by Gasteiger charge is 2.32. The molecule has 18 heavy (non-hydrogen) atoms. The van der Waals surface area contributed by atoms with Gasteiger partial charge in [-0.15, -0.1) is 0 Å². The van der Waals surface area contributed by atoms with E-state index in [0.29, 0.717) is 0 Å². The van der Waals surface area contributed by atoms with Gasteiger partial charge in [0.2, 0.25) is 0 Å². The molecule has 0 aromatic rings. The fourth-order valence-corrected chi connectivity index (χ4v) is 2.60. The SMILES string of the molecule is CC(C)(C#N)CCCNCC1CCCC1C(=O)O. The van der Waals surface area contributed by atoms with Crippen molar-refractivity contribution in [3.63, 3.8) is 0 Å². The molecule has 1 saturated carbocycles. The van der Waals surface area contributed by atoms with E-state index in [1.54, 1.807) is 0 Å². The van der Waals surface area contributed by atoms with E-state index in [9.17, 15) is 4.79 Å². The smallest absolute Gasteiger partial charge is 0.306 e. The lowest BCUT2D eigenvalue weighted by Crippen LogP contribution is -2.30. The van der Waals surface area contributed by atoms with Gasteiger partial charge in [-0.2, -0.15) is 5.26 Å². The second-order valence-corrected chi connectivity index (χ2v) is 5.94. The molecule has 0 saturated heterocycles. The average Bonchev–Trinajstić information content (AvgIpc) is 2.77. The van der Waals surface area contributed by atoms with Crippen LogP contribution < -0.4 is 5.32 Å². The molecule has 102 valence electrons. The first-order chi connectivity index (χ1) is 8.46. The predicted molar refractivity (Wildman–Crippen MR) is 70.0 cm³/mol.